The van der Waals surface area contributed by atoms with Crippen LogP contribution in [0.5, 0.6) is 0 Å². The van der Waals surface area contributed by atoms with Crippen LogP contribution in [-0.2, 0) is 0 Å². The van der Waals surface area contributed by atoms with E-state index in [0.717, 1.165) is 32.0 Å². The third kappa shape index (κ3) is 2.96. The zero-order chi connectivity index (χ0) is 13.1. The van der Waals surface area contributed by atoms with Gasteiger partial charge in [-0.15, -0.1) is 0 Å². The molecule has 2 rings (SSSR count). The van der Waals surface area contributed by atoms with E-state index in [4.69, 9.17) is 0 Å². The van der Waals surface area contributed by atoms with Crippen LogP contribution >= 0.6 is 0 Å². The molecule has 18 heavy (non-hydrogen) atoms. The SMILES string of the molecule is CN1CCCC(CNc2ccc(F)c(F)c2F)C1. The van der Waals surface area contributed by atoms with Crippen molar-refractivity contribution < 1.29 is 13.2 Å². The van der Waals surface area contributed by atoms with Crippen LogP contribution in [-0.4, -0.2) is 31.6 Å². The lowest BCUT2D eigenvalue weighted by molar-refractivity contribution is 0.217. The fourth-order valence-corrected chi connectivity index (χ4v) is 2.36. The van der Waals surface area contributed by atoms with Gasteiger partial charge in [0.1, 0.15) is 0 Å². The molecule has 1 heterocycles. The van der Waals surface area contributed by atoms with Crippen molar-refractivity contribution in [2.75, 3.05) is 32.0 Å². The van der Waals surface area contributed by atoms with Crippen molar-refractivity contribution in [3.05, 3.63) is 29.6 Å². The standard InChI is InChI=1S/C13H17F3N2/c1-18-6-2-3-9(8-18)7-17-11-5-4-10(14)12(15)13(11)16/h4-5,9,17H,2-3,6-8H2,1H3. The average molecular weight is 258 g/mol. The summed E-state index contributed by atoms with van der Waals surface area (Å²) in [5.74, 6) is -3.30. The van der Waals surface area contributed by atoms with Crippen molar-refractivity contribution in [3.8, 4) is 0 Å². The van der Waals surface area contributed by atoms with Gasteiger partial charge in [0.2, 0.25) is 0 Å². The molecule has 1 aromatic rings. The van der Waals surface area contributed by atoms with Crippen molar-refractivity contribution in [2.24, 2.45) is 5.92 Å². The molecule has 1 aliphatic rings. The number of hydrogen-bond donors (Lipinski definition) is 1. The minimum atomic E-state index is -1.42. The highest BCUT2D eigenvalue weighted by atomic mass is 19.2. The minimum absolute atomic E-state index is 0.0297. The summed E-state index contributed by atoms with van der Waals surface area (Å²) in [7, 11) is 2.05. The molecule has 1 N–H and O–H groups in total. The molecule has 1 fully saturated rings. The smallest absolute Gasteiger partial charge is 0.196 e. The molecule has 0 radical (unpaired) electrons. The molecule has 0 aliphatic carbocycles. The van der Waals surface area contributed by atoms with Crippen LogP contribution in [0.15, 0.2) is 12.1 Å². The zero-order valence-electron chi connectivity index (χ0n) is 10.3. The average Bonchev–Trinajstić information content (AvgIpc) is 2.35. The Balaban J connectivity index is 1.96. The Hall–Kier alpha value is -1.23. The quantitative estimate of drug-likeness (QED) is 0.839. The molecule has 100 valence electrons. The first-order valence-electron chi connectivity index (χ1n) is 6.14. The Labute approximate surface area is 105 Å². The molecule has 1 aromatic carbocycles. The summed E-state index contributed by atoms with van der Waals surface area (Å²) in [6.07, 6.45) is 2.19. The number of anilines is 1. The van der Waals surface area contributed by atoms with Gasteiger partial charge in [-0.3, -0.25) is 0 Å². The van der Waals surface area contributed by atoms with E-state index in [2.05, 4.69) is 10.2 Å². The Kier molecular flexibility index (Phi) is 4.11. The Morgan fingerprint density at radius 3 is 2.78 bits per heavy atom. The van der Waals surface area contributed by atoms with E-state index in [1.54, 1.807) is 0 Å². The van der Waals surface area contributed by atoms with E-state index >= 15 is 0 Å². The molecule has 0 aromatic heterocycles. The fourth-order valence-electron chi connectivity index (χ4n) is 2.36. The van der Waals surface area contributed by atoms with Crippen LogP contribution < -0.4 is 5.32 Å². The largest absolute Gasteiger partial charge is 0.382 e. The van der Waals surface area contributed by atoms with Crippen molar-refractivity contribution >= 4 is 5.69 Å². The van der Waals surface area contributed by atoms with Crippen LogP contribution in [0.3, 0.4) is 0 Å². The topological polar surface area (TPSA) is 15.3 Å². The second-order valence-electron chi connectivity index (χ2n) is 4.87. The summed E-state index contributed by atoms with van der Waals surface area (Å²) in [5.41, 5.74) is 0.0297. The molecule has 0 spiro atoms. The monoisotopic (exact) mass is 258 g/mol. The van der Waals surface area contributed by atoms with Crippen LogP contribution in [0.4, 0.5) is 18.9 Å². The molecule has 0 amide bonds. The molecule has 1 atom stereocenters. The van der Waals surface area contributed by atoms with E-state index in [1.807, 2.05) is 7.05 Å². The van der Waals surface area contributed by atoms with Gasteiger partial charge in [0.15, 0.2) is 17.5 Å². The van der Waals surface area contributed by atoms with Gasteiger partial charge >= 0.3 is 0 Å². The Morgan fingerprint density at radius 1 is 1.28 bits per heavy atom. The summed E-state index contributed by atoms with van der Waals surface area (Å²) >= 11 is 0. The number of piperidine rings is 1. The first-order chi connectivity index (χ1) is 8.58. The molecule has 5 heteroatoms. The first kappa shape index (κ1) is 13.2. The maximum atomic E-state index is 13.4. The predicted octanol–water partition coefficient (Wildman–Crippen LogP) is 2.86. The van der Waals surface area contributed by atoms with Crippen molar-refractivity contribution in [1.29, 1.82) is 0 Å². The Morgan fingerprint density at radius 2 is 2.06 bits per heavy atom. The third-order valence-corrected chi connectivity index (χ3v) is 3.34. The van der Waals surface area contributed by atoms with E-state index in [-0.39, 0.29) is 5.69 Å². The molecular weight excluding hydrogens is 241 g/mol. The van der Waals surface area contributed by atoms with Crippen LogP contribution in [0.2, 0.25) is 0 Å². The summed E-state index contributed by atoms with van der Waals surface area (Å²) in [5, 5.41) is 2.86. The minimum Gasteiger partial charge on any atom is -0.382 e. The van der Waals surface area contributed by atoms with Gasteiger partial charge in [-0.05, 0) is 44.5 Å². The zero-order valence-corrected chi connectivity index (χ0v) is 10.3. The van der Waals surface area contributed by atoms with E-state index < -0.39 is 17.5 Å². The molecule has 2 nitrogen and oxygen atoms in total. The normalized spacial score (nSPS) is 21.0. The van der Waals surface area contributed by atoms with Crippen molar-refractivity contribution in [2.45, 2.75) is 12.8 Å². The number of rotatable bonds is 3. The van der Waals surface area contributed by atoms with Gasteiger partial charge in [0.05, 0.1) is 5.69 Å². The van der Waals surface area contributed by atoms with Crippen LogP contribution in [0, 0.1) is 23.4 Å². The van der Waals surface area contributed by atoms with Crippen LogP contribution in [0.25, 0.3) is 0 Å². The molecule has 1 saturated heterocycles. The van der Waals surface area contributed by atoms with Gasteiger partial charge in [-0.25, -0.2) is 13.2 Å². The number of halogens is 3. The van der Waals surface area contributed by atoms with E-state index in [1.165, 1.54) is 6.07 Å². The fraction of sp³-hybridized carbons (Fsp3) is 0.538. The lowest BCUT2D eigenvalue weighted by atomic mass is 9.98. The van der Waals surface area contributed by atoms with E-state index in [0.29, 0.717) is 12.5 Å². The third-order valence-electron chi connectivity index (χ3n) is 3.34. The summed E-state index contributed by atoms with van der Waals surface area (Å²) in [6.45, 7) is 2.60. The highest BCUT2D eigenvalue weighted by Gasteiger charge is 2.18. The second-order valence-corrected chi connectivity index (χ2v) is 4.87. The number of benzene rings is 1. The Bertz CT molecular complexity index is 423. The molecule has 1 aliphatic heterocycles. The van der Waals surface area contributed by atoms with Gasteiger partial charge in [-0.1, -0.05) is 0 Å². The number of nitrogens with zero attached hydrogens (tertiary/aromatic N) is 1. The van der Waals surface area contributed by atoms with Crippen LogP contribution in [0.1, 0.15) is 12.8 Å². The molecule has 0 saturated carbocycles. The maximum Gasteiger partial charge on any atom is 0.196 e. The summed E-state index contributed by atoms with van der Waals surface area (Å²) in [6, 6.07) is 2.17. The highest BCUT2D eigenvalue weighted by Crippen LogP contribution is 2.21. The van der Waals surface area contributed by atoms with Gasteiger partial charge in [0, 0.05) is 13.1 Å². The van der Waals surface area contributed by atoms with Gasteiger partial charge in [-0.2, -0.15) is 0 Å². The molecular formula is C13H17F3N2. The van der Waals surface area contributed by atoms with Crippen molar-refractivity contribution in [1.82, 2.24) is 4.90 Å². The van der Waals surface area contributed by atoms with Gasteiger partial charge < -0.3 is 10.2 Å². The number of nitrogens with one attached hydrogen (secondary N) is 1. The van der Waals surface area contributed by atoms with E-state index in [9.17, 15) is 13.2 Å². The highest BCUT2D eigenvalue weighted by molar-refractivity contribution is 5.45. The maximum absolute atomic E-state index is 13.4. The van der Waals surface area contributed by atoms with Gasteiger partial charge in [0.25, 0.3) is 0 Å². The second kappa shape index (κ2) is 5.61. The predicted molar refractivity (Wildman–Crippen MR) is 65.0 cm³/mol. The number of likely N-dealkylation sites (tertiary alicyclic amines) is 1. The molecule has 1 unspecified atom stereocenters. The lowest BCUT2D eigenvalue weighted by Crippen LogP contribution is -2.35. The molecule has 0 bridgehead atoms. The summed E-state index contributed by atoms with van der Waals surface area (Å²) in [4.78, 5) is 2.22. The number of hydrogen-bond acceptors (Lipinski definition) is 2. The first-order valence-corrected chi connectivity index (χ1v) is 6.14. The lowest BCUT2D eigenvalue weighted by Gasteiger charge is -2.30. The summed E-state index contributed by atoms with van der Waals surface area (Å²) < 4.78 is 39.2. The van der Waals surface area contributed by atoms with Crippen molar-refractivity contribution in [3.63, 3.8) is 0 Å².